The number of phosphoric ester groups is 1. The lowest BCUT2D eigenvalue weighted by molar-refractivity contribution is -0.220. The second-order valence-electron chi connectivity index (χ2n) is 15.4. The Bertz CT molecular complexity index is 1050. The Morgan fingerprint density at radius 1 is 0.636 bits per heavy atom. The summed E-state index contributed by atoms with van der Waals surface area (Å²) in [6.45, 7) is 3.72. The first-order valence-corrected chi connectivity index (χ1v) is 22.9. The van der Waals surface area contributed by atoms with Gasteiger partial charge < -0.3 is 46.0 Å². The maximum Gasteiger partial charge on any atom is 0.472 e. The summed E-state index contributed by atoms with van der Waals surface area (Å²) in [5, 5.41) is 74.3. The second-order valence-corrected chi connectivity index (χ2v) is 16.8. The van der Waals surface area contributed by atoms with Crippen molar-refractivity contribution < 1.29 is 59.0 Å². The molecule has 0 aliphatic heterocycles. The molecule has 55 heavy (non-hydrogen) atoms. The van der Waals surface area contributed by atoms with Crippen molar-refractivity contribution in [3.05, 3.63) is 24.3 Å². The van der Waals surface area contributed by atoms with Crippen LogP contribution in [0.2, 0.25) is 0 Å². The Balaban J connectivity index is 2.59. The highest BCUT2D eigenvalue weighted by atomic mass is 31.2. The van der Waals surface area contributed by atoms with Crippen molar-refractivity contribution in [2.75, 3.05) is 6.61 Å². The third-order valence-corrected chi connectivity index (χ3v) is 11.3. The average molecular weight is 808 g/mol. The molecule has 0 heterocycles. The van der Waals surface area contributed by atoms with Crippen LogP contribution in [0.15, 0.2) is 24.3 Å². The zero-order valence-electron chi connectivity index (χ0n) is 33.8. The van der Waals surface area contributed by atoms with E-state index >= 15 is 0 Å². The van der Waals surface area contributed by atoms with Crippen molar-refractivity contribution in [2.24, 2.45) is 0 Å². The van der Waals surface area contributed by atoms with Crippen LogP contribution in [0.5, 0.6) is 0 Å². The summed E-state index contributed by atoms with van der Waals surface area (Å²) < 4.78 is 22.8. The van der Waals surface area contributed by atoms with Crippen LogP contribution in [0.3, 0.4) is 0 Å². The second kappa shape index (κ2) is 31.7. The molecule has 1 aliphatic rings. The molecular formula is C41H78NO12P. The zero-order chi connectivity index (χ0) is 40.9. The van der Waals surface area contributed by atoms with E-state index < -0.39 is 75.2 Å². The van der Waals surface area contributed by atoms with Gasteiger partial charge in [0.25, 0.3) is 0 Å². The Hall–Kier alpha value is -1.22. The van der Waals surface area contributed by atoms with Crippen molar-refractivity contribution in [2.45, 2.75) is 223 Å². The van der Waals surface area contributed by atoms with E-state index in [1.807, 2.05) is 0 Å². The molecule has 0 bridgehead atoms. The molecule has 0 aromatic rings. The third-order valence-electron chi connectivity index (χ3n) is 10.3. The molecule has 8 atom stereocenters. The van der Waals surface area contributed by atoms with Gasteiger partial charge in [0.05, 0.1) is 31.3 Å². The van der Waals surface area contributed by atoms with E-state index in [-0.39, 0.29) is 12.8 Å². The summed E-state index contributed by atoms with van der Waals surface area (Å²) in [6.07, 6.45) is 18.1. The smallest absolute Gasteiger partial charge is 0.393 e. The number of carbonyl (C=O) groups is 1. The molecule has 0 aromatic carbocycles. The first-order chi connectivity index (χ1) is 26.3. The molecule has 1 aliphatic carbocycles. The average Bonchev–Trinajstić information content (AvgIpc) is 3.15. The summed E-state index contributed by atoms with van der Waals surface area (Å²) in [5.74, 6) is -0.574. The first kappa shape index (κ1) is 51.8. The summed E-state index contributed by atoms with van der Waals surface area (Å²) in [7, 11) is -5.11. The Morgan fingerprint density at radius 2 is 1.05 bits per heavy atom. The van der Waals surface area contributed by atoms with Crippen LogP contribution < -0.4 is 5.32 Å². The normalized spacial score (nSPS) is 24.6. The van der Waals surface area contributed by atoms with Crippen molar-refractivity contribution >= 4 is 13.7 Å². The van der Waals surface area contributed by atoms with Crippen LogP contribution in [0.4, 0.5) is 0 Å². The van der Waals surface area contributed by atoms with Gasteiger partial charge in [0, 0.05) is 0 Å². The highest BCUT2D eigenvalue weighted by molar-refractivity contribution is 7.47. The minimum atomic E-state index is -5.11. The monoisotopic (exact) mass is 808 g/mol. The van der Waals surface area contributed by atoms with Gasteiger partial charge in [-0.2, -0.15) is 0 Å². The Kier molecular flexibility index (Phi) is 29.9. The molecule has 1 rings (SSSR count). The highest BCUT2D eigenvalue weighted by Crippen LogP contribution is 2.47. The number of unbranched alkanes of at least 4 members (excludes halogenated alkanes) is 18. The number of phosphoric acid groups is 1. The standard InChI is InChI=1S/C41H78NO12P/c1-3-5-7-9-11-13-15-17-18-20-22-24-26-28-32(43)30-35(45)42-33(34(44)29-27-25-23-21-19-16-14-12-10-8-6-4-2)31-53-55(51,52)54-41-39(49)37(47)36(46)38(48)40(41)50/h11,13,15,17,32-34,36-41,43-44,46-50H,3-10,12,14,16,18-31H2,1-2H3,(H,42,45)(H,51,52)/b13-11-,17-15-. The van der Waals surface area contributed by atoms with Gasteiger partial charge in [0.2, 0.25) is 5.91 Å². The topological polar surface area (TPSA) is 226 Å². The van der Waals surface area contributed by atoms with Crippen LogP contribution in [-0.2, 0) is 18.4 Å². The number of hydrogen-bond acceptors (Lipinski definition) is 11. The Morgan fingerprint density at radius 3 is 1.58 bits per heavy atom. The number of allylic oxidation sites excluding steroid dienone is 4. The molecule has 324 valence electrons. The largest absolute Gasteiger partial charge is 0.472 e. The SMILES string of the molecule is CCCCC/C=C\C=C/CCCCCCC(O)CC(=O)NC(COP(=O)(O)OC1C(O)C(O)C(O)C(O)C1O)C(O)CCCCCCCCCCCCCC. The predicted octanol–water partition coefficient (Wildman–Crippen LogP) is 6.03. The maximum absolute atomic E-state index is 12.9. The summed E-state index contributed by atoms with van der Waals surface area (Å²) in [4.78, 5) is 23.4. The van der Waals surface area contributed by atoms with E-state index in [0.29, 0.717) is 12.8 Å². The minimum absolute atomic E-state index is 0.235. The van der Waals surface area contributed by atoms with Crippen molar-refractivity contribution in [3.8, 4) is 0 Å². The van der Waals surface area contributed by atoms with Gasteiger partial charge in [-0.3, -0.25) is 13.8 Å². The van der Waals surface area contributed by atoms with E-state index in [4.69, 9.17) is 9.05 Å². The molecule has 0 radical (unpaired) electrons. The maximum atomic E-state index is 12.9. The molecule has 8 unspecified atom stereocenters. The molecule has 9 N–H and O–H groups in total. The van der Waals surface area contributed by atoms with Gasteiger partial charge in [-0.1, -0.05) is 147 Å². The van der Waals surface area contributed by atoms with E-state index in [9.17, 15) is 50.0 Å². The predicted molar refractivity (Wildman–Crippen MR) is 215 cm³/mol. The van der Waals surface area contributed by atoms with Crippen LogP contribution in [0, 0.1) is 0 Å². The number of aliphatic hydroxyl groups is 7. The molecule has 13 nitrogen and oxygen atoms in total. The van der Waals surface area contributed by atoms with Crippen molar-refractivity contribution in [1.82, 2.24) is 5.32 Å². The molecule has 0 spiro atoms. The van der Waals surface area contributed by atoms with Crippen molar-refractivity contribution in [3.63, 3.8) is 0 Å². The van der Waals surface area contributed by atoms with Gasteiger partial charge in [0.15, 0.2) is 0 Å². The summed E-state index contributed by atoms with van der Waals surface area (Å²) in [6, 6.07) is -1.16. The highest BCUT2D eigenvalue weighted by Gasteiger charge is 2.51. The summed E-state index contributed by atoms with van der Waals surface area (Å²) in [5.41, 5.74) is 0. The number of aliphatic hydroxyl groups excluding tert-OH is 7. The number of amides is 1. The lowest BCUT2D eigenvalue weighted by Gasteiger charge is -2.41. The van der Waals surface area contributed by atoms with E-state index in [1.54, 1.807) is 0 Å². The molecule has 1 amide bonds. The lowest BCUT2D eigenvalue weighted by atomic mass is 9.85. The lowest BCUT2D eigenvalue weighted by Crippen LogP contribution is -2.64. The third kappa shape index (κ3) is 24.3. The van der Waals surface area contributed by atoms with Crippen LogP contribution in [-0.4, -0.2) is 108 Å². The van der Waals surface area contributed by atoms with Crippen LogP contribution in [0.25, 0.3) is 0 Å². The molecule has 0 aromatic heterocycles. The summed E-state index contributed by atoms with van der Waals surface area (Å²) >= 11 is 0. The minimum Gasteiger partial charge on any atom is -0.393 e. The molecule has 14 heteroatoms. The van der Waals surface area contributed by atoms with Gasteiger partial charge in [-0.15, -0.1) is 0 Å². The quantitative estimate of drug-likeness (QED) is 0.0207. The fraction of sp³-hybridized carbons (Fsp3) is 0.878. The number of carbonyl (C=O) groups excluding carboxylic acids is 1. The van der Waals surface area contributed by atoms with Gasteiger partial charge in [0.1, 0.15) is 36.6 Å². The van der Waals surface area contributed by atoms with E-state index in [1.165, 1.54) is 64.2 Å². The molecule has 1 saturated carbocycles. The molecular weight excluding hydrogens is 729 g/mol. The fourth-order valence-electron chi connectivity index (χ4n) is 6.76. The fourth-order valence-corrected chi connectivity index (χ4v) is 7.73. The van der Waals surface area contributed by atoms with Crippen LogP contribution in [0.1, 0.15) is 168 Å². The van der Waals surface area contributed by atoms with E-state index in [0.717, 1.165) is 64.2 Å². The number of rotatable bonds is 34. The van der Waals surface area contributed by atoms with Crippen molar-refractivity contribution in [1.29, 1.82) is 0 Å². The molecule has 0 saturated heterocycles. The first-order valence-electron chi connectivity index (χ1n) is 21.4. The van der Waals surface area contributed by atoms with E-state index in [2.05, 4.69) is 43.5 Å². The van der Waals surface area contributed by atoms with Gasteiger partial charge in [-0.25, -0.2) is 4.57 Å². The number of nitrogens with one attached hydrogen (secondary N) is 1. The zero-order valence-corrected chi connectivity index (χ0v) is 34.7. The molecule has 1 fully saturated rings. The van der Waals surface area contributed by atoms with Gasteiger partial charge in [-0.05, 0) is 38.5 Å². The Labute approximate surface area is 331 Å². The van der Waals surface area contributed by atoms with Crippen LogP contribution >= 0.6 is 7.82 Å². The number of hydrogen-bond donors (Lipinski definition) is 9. The van der Waals surface area contributed by atoms with Gasteiger partial charge >= 0.3 is 7.82 Å².